The molecule has 2 bridgehead atoms. The van der Waals surface area contributed by atoms with E-state index < -0.39 is 12.1 Å². The van der Waals surface area contributed by atoms with Crippen LogP contribution in [0.1, 0.15) is 41.8 Å². The van der Waals surface area contributed by atoms with Crippen LogP contribution in [0.5, 0.6) is 0 Å². The number of carboxylic acid groups (broad SMARTS) is 1. The standard InChI is InChI=1S/C19H18Cl2N2O5/c1-9-15(17(22-28-9)16-13(20)3-2-4-14(16)21)18(24)27-12-7-10-5-6-11(8-12)23(10)19(25)26/h2-4,10-12H,5-8H2,1H3,(H,25,26)/t10-,11+,12+. The minimum absolute atomic E-state index is 0.116. The van der Waals surface area contributed by atoms with Crippen LogP contribution in [0, 0.1) is 6.92 Å². The molecule has 1 amide bonds. The molecular weight excluding hydrogens is 407 g/mol. The van der Waals surface area contributed by atoms with Crippen molar-refractivity contribution in [3.8, 4) is 11.3 Å². The molecule has 2 aliphatic heterocycles. The molecule has 2 aromatic rings. The normalized spacial score (nSPS) is 23.7. The number of carbonyl (C=O) groups excluding carboxylic acids is 1. The first-order valence-electron chi connectivity index (χ1n) is 8.99. The summed E-state index contributed by atoms with van der Waals surface area (Å²) in [5.41, 5.74) is 0.836. The Labute approximate surface area is 171 Å². The number of aryl methyl sites for hydroxylation is 1. The molecule has 1 N–H and O–H groups in total. The van der Waals surface area contributed by atoms with Gasteiger partial charge in [0.15, 0.2) is 0 Å². The van der Waals surface area contributed by atoms with E-state index in [0.717, 1.165) is 12.8 Å². The number of hydrogen-bond acceptors (Lipinski definition) is 5. The molecule has 2 fully saturated rings. The van der Waals surface area contributed by atoms with Crippen LogP contribution in [-0.4, -0.2) is 45.4 Å². The van der Waals surface area contributed by atoms with E-state index in [4.69, 9.17) is 32.5 Å². The number of ether oxygens (including phenoxy) is 1. The van der Waals surface area contributed by atoms with Gasteiger partial charge in [0.25, 0.3) is 0 Å². The van der Waals surface area contributed by atoms with Gasteiger partial charge < -0.3 is 19.3 Å². The maximum absolute atomic E-state index is 12.9. The van der Waals surface area contributed by atoms with E-state index in [2.05, 4.69) is 5.16 Å². The molecule has 3 heterocycles. The average molecular weight is 425 g/mol. The Morgan fingerprint density at radius 3 is 2.39 bits per heavy atom. The fourth-order valence-electron chi connectivity index (χ4n) is 4.25. The predicted molar refractivity (Wildman–Crippen MR) is 102 cm³/mol. The van der Waals surface area contributed by atoms with Gasteiger partial charge in [-0.25, -0.2) is 9.59 Å². The van der Waals surface area contributed by atoms with E-state index in [-0.39, 0.29) is 29.4 Å². The molecule has 0 saturated carbocycles. The minimum Gasteiger partial charge on any atom is -0.465 e. The summed E-state index contributed by atoms with van der Waals surface area (Å²) in [6.07, 6.45) is 1.28. The summed E-state index contributed by atoms with van der Waals surface area (Å²) in [7, 11) is 0. The lowest BCUT2D eigenvalue weighted by Crippen LogP contribution is -2.48. The van der Waals surface area contributed by atoms with Crippen LogP contribution in [-0.2, 0) is 4.74 Å². The summed E-state index contributed by atoms with van der Waals surface area (Å²) in [5.74, 6) is -0.264. The highest BCUT2D eigenvalue weighted by Crippen LogP contribution is 2.39. The van der Waals surface area contributed by atoms with Crippen molar-refractivity contribution in [3.05, 3.63) is 39.6 Å². The zero-order chi connectivity index (χ0) is 20.0. The van der Waals surface area contributed by atoms with Gasteiger partial charge in [-0.2, -0.15) is 0 Å². The van der Waals surface area contributed by atoms with Gasteiger partial charge in [0.05, 0.1) is 10.0 Å². The number of aromatic nitrogens is 1. The van der Waals surface area contributed by atoms with E-state index in [1.54, 1.807) is 25.1 Å². The Morgan fingerprint density at radius 2 is 1.82 bits per heavy atom. The molecule has 0 aliphatic carbocycles. The molecule has 1 aromatic heterocycles. The third-order valence-electron chi connectivity index (χ3n) is 5.45. The number of rotatable bonds is 3. The number of carbonyl (C=O) groups is 2. The van der Waals surface area contributed by atoms with E-state index >= 15 is 0 Å². The number of hydrogen-bond donors (Lipinski definition) is 1. The first-order valence-corrected chi connectivity index (χ1v) is 9.75. The second-order valence-corrected chi connectivity index (χ2v) is 7.95. The van der Waals surface area contributed by atoms with Gasteiger partial charge >= 0.3 is 12.1 Å². The first-order chi connectivity index (χ1) is 13.4. The van der Waals surface area contributed by atoms with Crippen LogP contribution in [0.2, 0.25) is 10.0 Å². The van der Waals surface area contributed by atoms with Crippen LogP contribution in [0.4, 0.5) is 4.79 Å². The van der Waals surface area contributed by atoms with Crippen molar-refractivity contribution in [2.24, 2.45) is 0 Å². The lowest BCUT2D eigenvalue weighted by molar-refractivity contribution is -0.00213. The Balaban J connectivity index is 1.58. The highest BCUT2D eigenvalue weighted by molar-refractivity contribution is 6.39. The van der Waals surface area contributed by atoms with Crippen LogP contribution in [0.15, 0.2) is 22.7 Å². The lowest BCUT2D eigenvalue weighted by Gasteiger charge is -2.36. The molecule has 3 atom stereocenters. The van der Waals surface area contributed by atoms with E-state index in [1.807, 2.05) is 0 Å². The SMILES string of the molecule is Cc1onc(-c2c(Cl)cccc2Cl)c1C(=O)O[C@H]1C[C@H]2CC[C@@H](C1)N2C(=O)O. The summed E-state index contributed by atoms with van der Waals surface area (Å²) < 4.78 is 10.9. The largest absolute Gasteiger partial charge is 0.465 e. The summed E-state index contributed by atoms with van der Waals surface area (Å²) >= 11 is 12.5. The number of fused-ring (bicyclic) bond motifs is 2. The Hall–Kier alpha value is -2.25. The molecule has 9 heteroatoms. The number of piperidine rings is 1. The van der Waals surface area contributed by atoms with Crippen LogP contribution in [0.3, 0.4) is 0 Å². The third kappa shape index (κ3) is 3.22. The number of esters is 1. The van der Waals surface area contributed by atoms with Gasteiger partial charge in [0, 0.05) is 30.5 Å². The average Bonchev–Trinajstić information content (AvgIpc) is 3.13. The van der Waals surface area contributed by atoms with Crippen LogP contribution in [0.25, 0.3) is 11.3 Å². The van der Waals surface area contributed by atoms with E-state index in [9.17, 15) is 14.7 Å². The molecule has 1 aromatic carbocycles. The molecule has 2 aliphatic rings. The van der Waals surface area contributed by atoms with Gasteiger partial charge in [-0.15, -0.1) is 0 Å². The van der Waals surface area contributed by atoms with Crippen LogP contribution >= 0.6 is 23.2 Å². The maximum Gasteiger partial charge on any atom is 0.407 e. The van der Waals surface area contributed by atoms with Gasteiger partial charge in [0.2, 0.25) is 0 Å². The van der Waals surface area contributed by atoms with Crippen molar-refractivity contribution < 1.29 is 24.0 Å². The van der Waals surface area contributed by atoms with Crippen molar-refractivity contribution >= 4 is 35.3 Å². The number of benzene rings is 1. The summed E-state index contributed by atoms with van der Waals surface area (Å²) in [4.78, 5) is 25.8. The fraction of sp³-hybridized carbons (Fsp3) is 0.421. The van der Waals surface area contributed by atoms with Crippen molar-refractivity contribution in [1.29, 1.82) is 0 Å². The minimum atomic E-state index is -0.914. The van der Waals surface area contributed by atoms with Gasteiger partial charge in [-0.3, -0.25) is 0 Å². The summed E-state index contributed by atoms with van der Waals surface area (Å²) in [5, 5.41) is 14.0. The molecule has 4 rings (SSSR count). The maximum atomic E-state index is 12.9. The van der Waals surface area contributed by atoms with Crippen molar-refractivity contribution in [1.82, 2.24) is 10.1 Å². The molecular formula is C19H18Cl2N2O5. The Morgan fingerprint density at radius 1 is 1.21 bits per heavy atom. The Bertz CT molecular complexity index is 910. The molecule has 2 saturated heterocycles. The topological polar surface area (TPSA) is 92.9 Å². The number of amides is 1. The molecule has 28 heavy (non-hydrogen) atoms. The van der Waals surface area contributed by atoms with Gasteiger partial charge in [-0.05, 0) is 31.9 Å². The smallest absolute Gasteiger partial charge is 0.407 e. The highest BCUT2D eigenvalue weighted by atomic mass is 35.5. The molecule has 0 spiro atoms. The fourth-order valence-corrected chi connectivity index (χ4v) is 4.83. The second-order valence-electron chi connectivity index (χ2n) is 7.13. The van der Waals surface area contributed by atoms with Crippen LogP contribution < -0.4 is 0 Å². The Kier molecular flexibility index (Phi) is 4.97. The van der Waals surface area contributed by atoms with Gasteiger partial charge in [0.1, 0.15) is 23.1 Å². The highest BCUT2D eigenvalue weighted by Gasteiger charge is 2.45. The van der Waals surface area contributed by atoms with E-state index in [1.165, 1.54) is 4.90 Å². The predicted octanol–water partition coefficient (Wildman–Crippen LogP) is 4.79. The lowest BCUT2D eigenvalue weighted by atomic mass is 10.00. The molecule has 0 radical (unpaired) electrons. The molecule has 0 unspecified atom stereocenters. The van der Waals surface area contributed by atoms with Crippen molar-refractivity contribution in [3.63, 3.8) is 0 Å². The van der Waals surface area contributed by atoms with Gasteiger partial charge in [-0.1, -0.05) is 34.4 Å². The molecule has 148 valence electrons. The van der Waals surface area contributed by atoms with E-state index in [0.29, 0.717) is 34.2 Å². The molecule has 7 nitrogen and oxygen atoms in total. The monoisotopic (exact) mass is 424 g/mol. The quantitative estimate of drug-likeness (QED) is 0.711. The van der Waals surface area contributed by atoms with Crippen molar-refractivity contribution in [2.45, 2.75) is 50.8 Å². The number of halogens is 2. The zero-order valence-corrected chi connectivity index (χ0v) is 16.5. The summed E-state index contributed by atoms with van der Waals surface area (Å²) in [6, 6.07) is 4.78. The summed E-state index contributed by atoms with van der Waals surface area (Å²) in [6.45, 7) is 1.62. The zero-order valence-electron chi connectivity index (χ0n) is 15.0. The van der Waals surface area contributed by atoms with Crippen molar-refractivity contribution in [2.75, 3.05) is 0 Å². The first kappa shape index (κ1) is 19.1. The second kappa shape index (κ2) is 7.29. The number of nitrogens with zero attached hydrogens (tertiary/aromatic N) is 2. The third-order valence-corrected chi connectivity index (χ3v) is 6.08.